The summed E-state index contributed by atoms with van der Waals surface area (Å²) in [5.74, 6) is 0.990. The molecule has 0 spiro atoms. The summed E-state index contributed by atoms with van der Waals surface area (Å²) in [7, 11) is 0. The van der Waals surface area contributed by atoms with Crippen molar-refractivity contribution >= 4 is 22.8 Å². The fourth-order valence-electron chi connectivity index (χ4n) is 4.13. The second kappa shape index (κ2) is 9.35. The Morgan fingerprint density at radius 1 is 0.943 bits per heavy atom. The first-order chi connectivity index (χ1) is 17.0. The molecule has 3 aromatic carbocycles. The zero-order chi connectivity index (χ0) is 24.4. The zero-order valence-corrected chi connectivity index (χ0v) is 19.8. The molecule has 0 amide bonds. The number of fused-ring (bicyclic) bond motifs is 1. The fourth-order valence-corrected chi connectivity index (χ4v) is 4.13. The molecule has 2 heterocycles. The van der Waals surface area contributed by atoms with Gasteiger partial charge in [-0.05, 0) is 49.2 Å². The van der Waals surface area contributed by atoms with E-state index in [0.29, 0.717) is 17.8 Å². The van der Waals surface area contributed by atoms with E-state index in [2.05, 4.69) is 53.5 Å². The van der Waals surface area contributed by atoms with Crippen LogP contribution in [-0.2, 0) is 6.54 Å². The van der Waals surface area contributed by atoms with Crippen molar-refractivity contribution in [2.75, 3.05) is 10.6 Å². The van der Waals surface area contributed by atoms with Crippen molar-refractivity contribution < 1.29 is 5.11 Å². The average molecular weight is 462 g/mol. The average Bonchev–Trinajstić information content (AvgIpc) is 3.24. The third-order valence-corrected chi connectivity index (χ3v) is 5.99. The van der Waals surface area contributed by atoms with Crippen molar-refractivity contribution in [3.63, 3.8) is 0 Å². The first kappa shape index (κ1) is 22.2. The predicted molar refractivity (Wildman–Crippen MR) is 142 cm³/mol. The summed E-state index contributed by atoms with van der Waals surface area (Å²) in [6.07, 6.45) is 1.80. The SMILES string of the molecule is C=C(Nc1cccc(CNc2cc(-c3ccccc3O)nc3c(C)cnn23)c1)c1ccccc1C. The molecule has 174 valence electrons. The molecule has 5 rings (SSSR count). The van der Waals surface area contributed by atoms with Crippen LogP contribution >= 0.6 is 0 Å². The number of rotatable bonds is 7. The molecule has 2 aromatic heterocycles. The van der Waals surface area contributed by atoms with Gasteiger partial charge < -0.3 is 15.7 Å². The number of hydrogen-bond donors (Lipinski definition) is 3. The minimum Gasteiger partial charge on any atom is -0.507 e. The Balaban J connectivity index is 1.39. The molecule has 35 heavy (non-hydrogen) atoms. The number of hydrogen-bond acceptors (Lipinski definition) is 5. The maximum Gasteiger partial charge on any atom is 0.160 e. The third kappa shape index (κ3) is 4.59. The third-order valence-electron chi connectivity index (χ3n) is 5.99. The molecule has 6 heteroatoms. The second-order valence-corrected chi connectivity index (χ2v) is 8.58. The lowest BCUT2D eigenvalue weighted by Gasteiger charge is -2.14. The standard InChI is InChI=1S/C29H27N5O/c1-19-9-4-5-12-24(19)21(3)32-23-11-8-10-22(15-23)18-30-28-16-26(25-13-6-7-14-27(25)35)33-29-20(2)17-31-34(28)29/h4-17,30,32,35H,3,18H2,1-2H3. The van der Waals surface area contributed by atoms with Gasteiger partial charge in [0.05, 0.1) is 11.9 Å². The van der Waals surface area contributed by atoms with Crippen LogP contribution in [0, 0.1) is 13.8 Å². The van der Waals surface area contributed by atoms with Gasteiger partial charge in [0, 0.05) is 40.7 Å². The normalized spacial score (nSPS) is 10.9. The van der Waals surface area contributed by atoms with Crippen molar-refractivity contribution in [3.05, 3.63) is 114 Å². The van der Waals surface area contributed by atoms with E-state index >= 15 is 0 Å². The molecule has 3 N–H and O–H groups in total. The highest BCUT2D eigenvalue weighted by molar-refractivity contribution is 5.77. The van der Waals surface area contributed by atoms with Crippen LogP contribution in [-0.4, -0.2) is 19.7 Å². The molecular formula is C29H27N5O. The molecule has 0 aliphatic carbocycles. The maximum atomic E-state index is 10.4. The predicted octanol–water partition coefficient (Wildman–Crippen LogP) is 6.41. The van der Waals surface area contributed by atoms with Crippen LogP contribution in [0.5, 0.6) is 5.75 Å². The van der Waals surface area contributed by atoms with Gasteiger partial charge in [-0.1, -0.05) is 55.1 Å². The number of aromatic hydroxyl groups is 1. The molecule has 0 fully saturated rings. The summed E-state index contributed by atoms with van der Waals surface area (Å²) in [5.41, 5.74) is 8.30. The van der Waals surface area contributed by atoms with Gasteiger partial charge in [0.15, 0.2) is 5.65 Å². The maximum absolute atomic E-state index is 10.4. The fraction of sp³-hybridized carbons (Fsp3) is 0.103. The summed E-state index contributed by atoms with van der Waals surface area (Å²) in [5, 5.41) is 21.8. The molecule has 6 nitrogen and oxygen atoms in total. The number of anilines is 2. The van der Waals surface area contributed by atoms with Crippen LogP contribution in [0.15, 0.2) is 91.6 Å². The topological polar surface area (TPSA) is 74.5 Å². The number of para-hydroxylation sites is 1. The van der Waals surface area contributed by atoms with Gasteiger partial charge in [0.25, 0.3) is 0 Å². The molecule has 0 saturated heterocycles. The number of nitrogens with one attached hydrogen (secondary N) is 2. The zero-order valence-electron chi connectivity index (χ0n) is 19.8. The van der Waals surface area contributed by atoms with Crippen LogP contribution < -0.4 is 10.6 Å². The van der Waals surface area contributed by atoms with Crippen LogP contribution in [0.3, 0.4) is 0 Å². The molecule has 0 atom stereocenters. The van der Waals surface area contributed by atoms with Crippen molar-refractivity contribution in [2.24, 2.45) is 0 Å². The summed E-state index contributed by atoms with van der Waals surface area (Å²) in [6.45, 7) is 8.87. The Morgan fingerprint density at radius 3 is 2.57 bits per heavy atom. The largest absolute Gasteiger partial charge is 0.507 e. The van der Waals surface area contributed by atoms with Gasteiger partial charge in [-0.2, -0.15) is 9.61 Å². The van der Waals surface area contributed by atoms with Gasteiger partial charge in [0.2, 0.25) is 0 Å². The summed E-state index contributed by atoms with van der Waals surface area (Å²) in [6, 6.07) is 25.6. The van der Waals surface area contributed by atoms with Crippen LogP contribution in [0.1, 0.15) is 22.3 Å². The molecule has 0 unspecified atom stereocenters. The van der Waals surface area contributed by atoms with E-state index in [-0.39, 0.29) is 5.75 Å². The van der Waals surface area contributed by atoms with Crippen LogP contribution in [0.2, 0.25) is 0 Å². The lowest BCUT2D eigenvalue weighted by molar-refractivity contribution is 0.477. The first-order valence-electron chi connectivity index (χ1n) is 11.5. The molecule has 0 bridgehead atoms. The number of aromatic nitrogens is 3. The molecule has 0 aliphatic rings. The number of phenolic OH excluding ortho intramolecular Hbond substituents is 1. The first-order valence-corrected chi connectivity index (χ1v) is 11.5. The smallest absolute Gasteiger partial charge is 0.160 e. The van der Waals surface area contributed by atoms with Crippen molar-refractivity contribution in [1.82, 2.24) is 14.6 Å². The molecular weight excluding hydrogens is 434 g/mol. The highest BCUT2D eigenvalue weighted by Gasteiger charge is 2.13. The summed E-state index contributed by atoms with van der Waals surface area (Å²) < 4.78 is 1.79. The Hall–Kier alpha value is -4.58. The van der Waals surface area contributed by atoms with Gasteiger partial charge in [-0.25, -0.2) is 4.98 Å². The van der Waals surface area contributed by atoms with Crippen molar-refractivity contribution in [3.8, 4) is 17.0 Å². The van der Waals surface area contributed by atoms with E-state index in [1.165, 1.54) is 5.56 Å². The van der Waals surface area contributed by atoms with Gasteiger partial charge in [0.1, 0.15) is 11.6 Å². The minimum absolute atomic E-state index is 0.195. The highest BCUT2D eigenvalue weighted by Crippen LogP contribution is 2.30. The Labute approximate surface area is 204 Å². The van der Waals surface area contributed by atoms with Gasteiger partial charge in [-0.15, -0.1) is 0 Å². The summed E-state index contributed by atoms with van der Waals surface area (Å²) >= 11 is 0. The van der Waals surface area contributed by atoms with Crippen LogP contribution in [0.25, 0.3) is 22.6 Å². The van der Waals surface area contributed by atoms with E-state index in [1.54, 1.807) is 22.8 Å². The number of nitrogens with zero attached hydrogens (tertiary/aromatic N) is 3. The number of benzene rings is 3. The quantitative estimate of drug-likeness (QED) is 0.261. The number of aryl methyl sites for hydroxylation is 2. The Morgan fingerprint density at radius 2 is 1.74 bits per heavy atom. The van der Waals surface area contributed by atoms with E-state index in [4.69, 9.17) is 4.98 Å². The number of phenols is 1. The minimum atomic E-state index is 0.195. The Kier molecular flexibility index (Phi) is 5.94. The van der Waals surface area contributed by atoms with E-state index in [9.17, 15) is 5.11 Å². The lowest BCUT2D eigenvalue weighted by atomic mass is 10.1. The molecule has 5 aromatic rings. The summed E-state index contributed by atoms with van der Waals surface area (Å²) in [4.78, 5) is 4.74. The highest BCUT2D eigenvalue weighted by atomic mass is 16.3. The molecule has 0 saturated carbocycles. The lowest BCUT2D eigenvalue weighted by Crippen LogP contribution is -2.07. The van der Waals surface area contributed by atoms with Gasteiger partial charge >= 0.3 is 0 Å². The molecule has 0 aliphatic heterocycles. The van der Waals surface area contributed by atoms with Gasteiger partial charge in [-0.3, -0.25) is 0 Å². The van der Waals surface area contributed by atoms with E-state index in [0.717, 1.165) is 39.5 Å². The Bertz CT molecular complexity index is 1540. The van der Waals surface area contributed by atoms with E-state index in [1.807, 2.05) is 49.4 Å². The molecule has 0 radical (unpaired) electrons. The van der Waals surface area contributed by atoms with E-state index < -0.39 is 0 Å². The van der Waals surface area contributed by atoms with Crippen molar-refractivity contribution in [1.29, 1.82) is 0 Å². The van der Waals surface area contributed by atoms with Crippen LogP contribution in [0.4, 0.5) is 11.5 Å². The second-order valence-electron chi connectivity index (χ2n) is 8.58. The monoisotopic (exact) mass is 461 g/mol. The van der Waals surface area contributed by atoms with Crippen molar-refractivity contribution in [2.45, 2.75) is 20.4 Å².